The zero-order valence-corrected chi connectivity index (χ0v) is 25.1. The summed E-state index contributed by atoms with van der Waals surface area (Å²) in [6.45, 7) is 7.93. The van der Waals surface area contributed by atoms with E-state index in [0.29, 0.717) is 24.9 Å². The molecule has 1 aromatic heterocycles. The lowest BCUT2D eigenvalue weighted by Gasteiger charge is -2.37. The van der Waals surface area contributed by atoms with Gasteiger partial charge < -0.3 is 21.3 Å². The number of carbonyl (C=O) groups is 2. The molecule has 3 unspecified atom stereocenters. The molecule has 3 heterocycles. The van der Waals surface area contributed by atoms with Crippen molar-refractivity contribution in [3.8, 4) is 5.69 Å². The van der Waals surface area contributed by atoms with Crippen LogP contribution in [0, 0.1) is 11.8 Å². The van der Waals surface area contributed by atoms with E-state index in [9.17, 15) is 27.6 Å². The molecule has 5 N–H and O–H groups in total. The van der Waals surface area contributed by atoms with Crippen molar-refractivity contribution in [1.82, 2.24) is 24.3 Å². The van der Waals surface area contributed by atoms with Gasteiger partial charge in [0.15, 0.2) is 0 Å². The van der Waals surface area contributed by atoms with Gasteiger partial charge in [-0.25, -0.2) is 9.59 Å². The number of anilines is 1. The lowest BCUT2D eigenvalue weighted by atomic mass is 9.98. The van der Waals surface area contributed by atoms with Crippen molar-refractivity contribution in [3.63, 3.8) is 0 Å². The quantitative estimate of drug-likeness (QED) is 0.445. The number of hydrogen-bond donors (Lipinski definition) is 3. The minimum Gasteiger partial charge on any atom is -0.338 e. The Kier molecular flexibility index (Phi) is 9.17. The Morgan fingerprint density at radius 1 is 1.07 bits per heavy atom. The summed E-state index contributed by atoms with van der Waals surface area (Å²) in [7, 11) is 0. The van der Waals surface area contributed by atoms with Gasteiger partial charge in [0.2, 0.25) is 5.91 Å². The molecule has 2 aliphatic heterocycles. The number of benzene rings is 1. The van der Waals surface area contributed by atoms with Crippen molar-refractivity contribution in [2.45, 2.75) is 51.0 Å². The van der Waals surface area contributed by atoms with Crippen molar-refractivity contribution in [1.29, 1.82) is 0 Å². The zero-order chi connectivity index (χ0) is 30.6. The van der Waals surface area contributed by atoms with Gasteiger partial charge in [0.05, 0.1) is 16.8 Å². The molecule has 1 saturated carbocycles. The van der Waals surface area contributed by atoms with Gasteiger partial charge in [-0.3, -0.25) is 19.6 Å². The maximum Gasteiger partial charge on any atom is 0.416 e. The number of fused-ring (bicyclic) bond motifs is 1. The summed E-state index contributed by atoms with van der Waals surface area (Å²) in [6, 6.07) is 4.82. The summed E-state index contributed by atoms with van der Waals surface area (Å²) in [5.41, 5.74) is 9.40. The number of halogens is 4. The van der Waals surface area contributed by atoms with Gasteiger partial charge in [-0.1, -0.05) is 6.07 Å². The van der Waals surface area contributed by atoms with Crippen LogP contribution >= 0.6 is 12.4 Å². The van der Waals surface area contributed by atoms with Gasteiger partial charge in [0, 0.05) is 57.5 Å². The summed E-state index contributed by atoms with van der Waals surface area (Å²) < 4.78 is 43.3. The average Bonchev–Trinajstić information content (AvgIpc) is 3.30. The highest BCUT2D eigenvalue weighted by Crippen LogP contribution is 2.45. The van der Waals surface area contributed by atoms with Gasteiger partial charge in [-0.2, -0.15) is 18.2 Å². The highest BCUT2D eigenvalue weighted by molar-refractivity contribution is 5.89. The molecule has 3 atom stereocenters. The zero-order valence-electron chi connectivity index (χ0n) is 24.3. The van der Waals surface area contributed by atoms with Crippen LogP contribution in [0.25, 0.3) is 5.69 Å². The first-order chi connectivity index (χ1) is 19.6. The largest absolute Gasteiger partial charge is 0.416 e. The number of nitrogens with zero attached hydrogens (tertiary/aromatic N) is 5. The molecule has 3 amide bonds. The second-order valence-corrected chi connectivity index (χ2v) is 12.1. The normalized spacial score (nSPS) is 22.9. The lowest BCUT2D eigenvalue weighted by Crippen LogP contribution is -2.58. The third-order valence-electron chi connectivity index (χ3n) is 8.55. The summed E-state index contributed by atoms with van der Waals surface area (Å²) in [6.07, 6.45) is -3.11. The number of rotatable bonds is 6. The Balaban J connectivity index is 0.00000423. The van der Waals surface area contributed by atoms with E-state index in [4.69, 9.17) is 11.5 Å². The maximum atomic E-state index is 14.1. The van der Waals surface area contributed by atoms with Crippen LogP contribution in [0.1, 0.15) is 31.9 Å². The van der Waals surface area contributed by atoms with Crippen LogP contribution in [-0.4, -0.2) is 93.1 Å². The van der Waals surface area contributed by atoms with E-state index in [1.807, 2.05) is 6.92 Å². The van der Waals surface area contributed by atoms with Gasteiger partial charge in [0.25, 0.3) is 0 Å². The van der Waals surface area contributed by atoms with Gasteiger partial charge in [-0.15, -0.1) is 12.4 Å². The van der Waals surface area contributed by atoms with Gasteiger partial charge >= 0.3 is 17.9 Å². The number of hydrogen-bond acceptors (Lipinski definition) is 7. The molecular weight excluding hydrogens is 589 g/mol. The molecule has 0 bridgehead atoms. The molecule has 5 rings (SSSR count). The Morgan fingerprint density at radius 3 is 2.23 bits per heavy atom. The lowest BCUT2D eigenvalue weighted by molar-refractivity contribution is -0.138. The highest BCUT2D eigenvalue weighted by Gasteiger charge is 2.54. The maximum absolute atomic E-state index is 14.1. The van der Waals surface area contributed by atoms with Crippen LogP contribution in [0.4, 0.5) is 23.8 Å². The topological polar surface area (TPSA) is 143 Å². The van der Waals surface area contributed by atoms with Crippen LogP contribution in [-0.2, 0) is 17.4 Å². The average molecular weight is 627 g/mol. The first kappa shape index (κ1) is 32.7. The fourth-order valence-corrected chi connectivity index (χ4v) is 5.95. The third kappa shape index (κ3) is 6.97. The predicted octanol–water partition coefficient (Wildman–Crippen LogP) is 1.91. The Hall–Kier alpha value is -3.20. The van der Waals surface area contributed by atoms with Crippen LogP contribution < -0.4 is 22.5 Å². The predicted molar refractivity (Wildman–Crippen MR) is 157 cm³/mol. The molecular formula is C28H38ClF3N8O3. The molecule has 3 aliphatic rings. The number of nitrogens with two attached hydrogens (primary N) is 2. The van der Waals surface area contributed by atoms with Gasteiger partial charge in [0.1, 0.15) is 5.82 Å². The number of carbonyl (C=O) groups excluding carboxylic acids is 2. The summed E-state index contributed by atoms with van der Waals surface area (Å²) in [5, 5.41) is 2.55. The Labute approximate surface area is 253 Å². The van der Waals surface area contributed by atoms with E-state index >= 15 is 0 Å². The molecule has 0 spiro atoms. The van der Waals surface area contributed by atoms with Crippen molar-refractivity contribution in [2.24, 2.45) is 23.3 Å². The fraction of sp³-hybridized carbons (Fsp3) is 0.571. The number of aromatic nitrogens is 2. The van der Waals surface area contributed by atoms with Crippen molar-refractivity contribution in [2.75, 3.05) is 44.6 Å². The van der Waals surface area contributed by atoms with Crippen LogP contribution in [0.3, 0.4) is 0 Å². The van der Waals surface area contributed by atoms with E-state index in [-0.39, 0.29) is 67.0 Å². The molecule has 43 heavy (non-hydrogen) atoms. The third-order valence-corrected chi connectivity index (χ3v) is 8.55. The standard InChI is InChI=1S/C28H37F3N8O3.ClH/c1-16(38-14-19-20(15-38)23(19)32)12-17-4-5-18(13-21(17)28(29,30)31)39-7-6-22(35-26(39)42)34-25(41)37-10-8-36(9-11-37)24(40)27(2,3)33;/h4-7,13,16,19-20,23H,8-12,14-15,32-33H2,1-3H3,(H,34,35,41,42);1H. The number of nitrogens with one attached hydrogen (secondary N) is 1. The van der Waals surface area contributed by atoms with E-state index in [2.05, 4.69) is 15.2 Å². The van der Waals surface area contributed by atoms with Crippen molar-refractivity contribution < 1.29 is 22.8 Å². The fourth-order valence-electron chi connectivity index (χ4n) is 5.95. The summed E-state index contributed by atoms with van der Waals surface area (Å²) in [5.74, 6) is 0.632. The number of alkyl halides is 3. The van der Waals surface area contributed by atoms with E-state index in [1.165, 1.54) is 29.3 Å². The molecule has 2 saturated heterocycles. The van der Waals surface area contributed by atoms with Crippen molar-refractivity contribution in [3.05, 3.63) is 52.1 Å². The minimum atomic E-state index is -4.61. The number of piperazine rings is 1. The van der Waals surface area contributed by atoms with E-state index < -0.39 is 29.0 Å². The molecule has 1 aromatic carbocycles. The van der Waals surface area contributed by atoms with Crippen molar-refractivity contribution >= 4 is 30.2 Å². The Bertz CT molecular complexity index is 1410. The number of urea groups is 1. The molecule has 1 aliphatic carbocycles. The van der Waals surface area contributed by atoms with E-state index in [0.717, 1.165) is 23.7 Å². The van der Waals surface area contributed by atoms with E-state index in [1.54, 1.807) is 18.7 Å². The van der Waals surface area contributed by atoms with Gasteiger partial charge in [-0.05, 0) is 62.8 Å². The first-order valence-corrected chi connectivity index (χ1v) is 14.1. The SMILES string of the molecule is CC(Cc1ccc(-n2ccc(NC(=O)N3CCN(C(=O)C(C)(C)N)CC3)nc2=O)cc1C(F)(F)F)N1CC2C(N)C2C1.Cl. The molecule has 3 fully saturated rings. The highest BCUT2D eigenvalue weighted by atomic mass is 35.5. The van der Waals surface area contributed by atoms with Crippen LogP contribution in [0.2, 0.25) is 0 Å². The number of piperidine rings is 1. The summed E-state index contributed by atoms with van der Waals surface area (Å²) in [4.78, 5) is 47.0. The second-order valence-electron chi connectivity index (χ2n) is 12.1. The van der Waals surface area contributed by atoms with Crippen LogP contribution in [0.5, 0.6) is 0 Å². The molecule has 0 radical (unpaired) electrons. The molecule has 236 valence electrons. The summed E-state index contributed by atoms with van der Waals surface area (Å²) >= 11 is 0. The molecule has 2 aromatic rings. The molecule has 11 nitrogen and oxygen atoms in total. The smallest absolute Gasteiger partial charge is 0.338 e. The first-order valence-electron chi connectivity index (χ1n) is 14.1. The van der Waals surface area contributed by atoms with Crippen LogP contribution in [0.15, 0.2) is 35.3 Å². The molecule has 15 heteroatoms. The monoisotopic (exact) mass is 626 g/mol. The number of likely N-dealkylation sites (tertiary alicyclic amines) is 1. The number of amides is 3. The minimum absolute atomic E-state index is 0. The Morgan fingerprint density at radius 2 is 1.67 bits per heavy atom. The second kappa shape index (κ2) is 12.1.